The molecule has 0 saturated carbocycles. The van der Waals surface area contributed by atoms with Gasteiger partial charge in [-0.05, 0) is 47.7 Å². The van der Waals surface area contributed by atoms with Crippen LogP contribution in [0, 0.1) is 0 Å². The van der Waals surface area contributed by atoms with Crippen molar-refractivity contribution in [3.63, 3.8) is 0 Å². The quantitative estimate of drug-likeness (QED) is 0.257. The van der Waals surface area contributed by atoms with Gasteiger partial charge in [-0.25, -0.2) is 9.59 Å². The van der Waals surface area contributed by atoms with E-state index in [2.05, 4.69) is 4.74 Å². The molecule has 1 atom stereocenters. The topological polar surface area (TPSA) is 73.6 Å². The van der Waals surface area contributed by atoms with Gasteiger partial charge in [0.1, 0.15) is 11.1 Å². The van der Waals surface area contributed by atoms with E-state index >= 15 is 0 Å². The molecular formula is C24H22O5. The lowest BCUT2D eigenvalue weighted by Gasteiger charge is -2.13. The van der Waals surface area contributed by atoms with Crippen molar-refractivity contribution in [3.05, 3.63) is 87.3 Å². The zero-order valence-corrected chi connectivity index (χ0v) is 16.6. The van der Waals surface area contributed by atoms with Gasteiger partial charge in [0.05, 0.1) is 7.11 Å². The van der Waals surface area contributed by atoms with Crippen molar-refractivity contribution in [2.75, 3.05) is 7.11 Å². The minimum atomic E-state index is -0.744. The number of carbonyl (C=O) groups is 2. The van der Waals surface area contributed by atoms with Gasteiger partial charge in [-0.15, -0.1) is 0 Å². The molecular weight excluding hydrogens is 368 g/mol. The van der Waals surface area contributed by atoms with E-state index in [9.17, 15) is 14.4 Å². The zero-order chi connectivity index (χ0) is 21.0. The van der Waals surface area contributed by atoms with Crippen molar-refractivity contribution in [2.45, 2.75) is 26.2 Å². The standard InChI is InChI=1S/C24H22O5/c1-4-15(2)19-13-16(10-11-21(25)17-8-6-5-7-9-17)12-18-14-20(23(26)28-3)24(27)29-22(18)19/h5-15H,4H2,1-3H3. The number of allylic oxidation sites excluding steroid dienone is 1. The van der Waals surface area contributed by atoms with Crippen molar-refractivity contribution in [2.24, 2.45) is 0 Å². The van der Waals surface area contributed by atoms with Crippen LogP contribution in [0.3, 0.4) is 0 Å². The predicted octanol–water partition coefficient (Wildman–Crippen LogP) is 4.99. The summed E-state index contributed by atoms with van der Waals surface area (Å²) in [6.45, 7) is 4.07. The first-order chi connectivity index (χ1) is 13.9. The second-order valence-corrected chi connectivity index (χ2v) is 6.84. The van der Waals surface area contributed by atoms with Gasteiger partial charge in [-0.1, -0.05) is 50.3 Å². The number of fused-ring (bicyclic) bond motifs is 1. The summed E-state index contributed by atoms with van der Waals surface area (Å²) >= 11 is 0. The van der Waals surface area contributed by atoms with E-state index in [-0.39, 0.29) is 17.3 Å². The number of carbonyl (C=O) groups excluding carboxylic acids is 2. The summed E-state index contributed by atoms with van der Waals surface area (Å²) in [6.07, 6.45) is 4.08. The Morgan fingerprint density at radius 2 is 1.86 bits per heavy atom. The first-order valence-corrected chi connectivity index (χ1v) is 9.42. The Kier molecular flexibility index (Phi) is 6.07. The van der Waals surface area contributed by atoms with Crippen LogP contribution in [0.25, 0.3) is 17.0 Å². The van der Waals surface area contributed by atoms with Gasteiger partial charge < -0.3 is 9.15 Å². The molecule has 1 unspecified atom stereocenters. The Balaban J connectivity index is 2.11. The Labute approximate surface area is 168 Å². The van der Waals surface area contributed by atoms with Crippen LogP contribution < -0.4 is 5.63 Å². The number of benzene rings is 2. The molecule has 0 fully saturated rings. The lowest BCUT2D eigenvalue weighted by atomic mass is 9.93. The number of rotatable bonds is 6. The SMILES string of the molecule is CCC(C)c1cc(C=CC(=O)c2ccccc2)cc2cc(C(=O)OC)c(=O)oc12. The summed E-state index contributed by atoms with van der Waals surface area (Å²) in [7, 11) is 1.21. The number of hydrogen-bond acceptors (Lipinski definition) is 5. The fourth-order valence-electron chi connectivity index (χ4n) is 3.09. The van der Waals surface area contributed by atoms with E-state index < -0.39 is 11.6 Å². The fraction of sp³-hybridized carbons (Fsp3) is 0.208. The van der Waals surface area contributed by atoms with E-state index in [4.69, 9.17) is 4.42 Å². The van der Waals surface area contributed by atoms with Crippen LogP contribution in [0.2, 0.25) is 0 Å². The first-order valence-electron chi connectivity index (χ1n) is 9.42. The molecule has 0 aliphatic rings. The number of ketones is 1. The van der Waals surface area contributed by atoms with Crippen molar-refractivity contribution >= 4 is 28.8 Å². The summed E-state index contributed by atoms with van der Waals surface area (Å²) < 4.78 is 10.1. The molecule has 0 spiro atoms. The summed E-state index contributed by atoms with van der Waals surface area (Å²) in [5.74, 6) is -0.723. The summed E-state index contributed by atoms with van der Waals surface area (Å²) in [4.78, 5) is 36.5. The largest absolute Gasteiger partial charge is 0.465 e. The third kappa shape index (κ3) is 4.35. The second kappa shape index (κ2) is 8.69. The molecule has 0 saturated heterocycles. The van der Waals surface area contributed by atoms with Crippen LogP contribution in [0.4, 0.5) is 0 Å². The smallest absolute Gasteiger partial charge is 0.351 e. The van der Waals surface area contributed by atoms with Crippen LogP contribution >= 0.6 is 0 Å². The minimum absolute atomic E-state index is 0.106. The molecule has 5 nitrogen and oxygen atoms in total. The summed E-state index contributed by atoms with van der Waals surface area (Å²) in [5.41, 5.74) is 1.80. The number of ether oxygens (including phenoxy) is 1. The van der Waals surface area contributed by atoms with Crippen LogP contribution in [0.15, 0.2) is 63.8 Å². The zero-order valence-electron chi connectivity index (χ0n) is 16.6. The molecule has 0 radical (unpaired) electrons. The molecule has 1 aromatic heterocycles. The van der Waals surface area contributed by atoms with Gasteiger partial charge in [0.15, 0.2) is 5.78 Å². The molecule has 0 aliphatic carbocycles. The lowest BCUT2D eigenvalue weighted by Crippen LogP contribution is -2.15. The molecule has 5 heteroatoms. The Morgan fingerprint density at radius 3 is 2.52 bits per heavy atom. The van der Waals surface area contributed by atoms with E-state index in [0.717, 1.165) is 17.5 Å². The Bertz CT molecular complexity index is 1140. The molecule has 148 valence electrons. The van der Waals surface area contributed by atoms with E-state index in [1.54, 1.807) is 24.3 Å². The maximum atomic E-state index is 12.4. The third-order valence-electron chi connectivity index (χ3n) is 4.92. The summed E-state index contributed by atoms with van der Waals surface area (Å²) in [5, 5.41) is 0.606. The number of hydrogen-bond donors (Lipinski definition) is 0. The van der Waals surface area contributed by atoms with E-state index in [0.29, 0.717) is 16.5 Å². The van der Waals surface area contributed by atoms with Crippen molar-refractivity contribution in [1.29, 1.82) is 0 Å². The van der Waals surface area contributed by atoms with Crippen molar-refractivity contribution in [1.82, 2.24) is 0 Å². The van der Waals surface area contributed by atoms with E-state index in [1.165, 1.54) is 19.3 Å². The molecule has 2 aromatic carbocycles. The maximum absolute atomic E-state index is 12.4. The van der Waals surface area contributed by atoms with Gasteiger partial charge in [0.25, 0.3) is 0 Å². The van der Waals surface area contributed by atoms with Gasteiger partial charge >= 0.3 is 11.6 Å². The van der Waals surface area contributed by atoms with Gasteiger partial charge in [-0.3, -0.25) is 4.79 Å². The average molecular weight is 390 g/mol. The molecule has 3 rings (SSSR count). The van der Waals surface area contributed by atoms with Gasteiger partial charge in [0, 0.05) is 10.9 Å². The molecule has 0 amide bonds. The Morgan fingerprint density at radius 1 is 1.14 bits per heavy atom. The van der Waals surface area contributed by atoms with Crippen LogP contribution in [0.1, 0.15) is 58.0 Å². The molecule has 0 bridgehead atoms. The fourth-order valence-corrected chi connectivity index (χ4v) is 3.09. The third-order valence-corrected chi connectivity index (χ3v) is 4.92. The average Bonchev–Trinajstić information content (AvgIpc) is 2.76. The highest BCUT2D eigenvalue weighted by molar-refractivity contribution is 6.07. The van der Waals surface area contributed by atoms with Gasteiger partial charge in [0.2, 0.25) is 0 Å². The normalized spacial score (nSPS) is 12.2. The van der Waals surface area contributed by atoms with Crippen LogP contribution in [-0.4, -0.2) is 18.9 Å². The molecule has 3 aromatic rings. The monoisotopic (exact) mass is 390 g/mol. The molecule has 1 heterocycles. The maximum Gasteiger partial charge on any atom is 0.351 e. The molecule has 0 N–H and O–H groups in total. The van der Waals surface area contributed by atoms with Crippen molar-refractivity contribution in [3.8, 4) is 0 Å². The van der Waals surface area contributed by atoms with Crippen LogP contribution in [-0.2, 0) is 4.74 Å². The second-order valence-electron chi connectivity index (χ2n) is 6.84. The minimum Gasteiger partial charge on any atom is -0.465 e. The highest BCUT2D eigenvalue weighted by Crippen LogP contribution is 2.29. The lowest BCUT2D eigenvalue weighted by molar-refractivity contribution is 0.0596. The number of esters is 1. The summed E-state index contributed by atoms with van der Waals surface area (Å²) in [6, 6.07) is 14.2. The van der Waals surface area contributed by atoms with E-state index in [1.807, 2.05) is 38.1 Å². The predicted molar refractivity (Wildman–Crippen MR) is 112 cm³/mol. The highest BCUT2D eigenvalue weighted by atomic mass is 16.5. The highest BCUT2D eigenvalue weighted by Gasteiger charge is 2.18. The Hall–Kier alpha value is -3.47. The first kappa shape index (κ1) is 20.3. The van der Waals surface area contributed by atoms with Crippen LogP contribution in [0.5, 0.6) is 0 Å². The number of methoxy groups -OCH3 is 1. The molecule has 0 aliphatic heterocycles. The molecule has 29 heavy (non-hydrogen) atoms. The van der Waals surface area contributed by atoms with Gasteiger partial charge in [-0.2, -0.15) is 0 Å². The van der Waals surface area contributed by atoms with Crippen molar-refractivity contribution < 1.29 is 18.7 Å².